The Labute approximate surface area is 168 Å². The van der Waals surface area contributed by atoms with Crippen LogP contribution in [0.5, 0.6) is 0 Å². The predicted octanol–water partition coefficient (Wildman–Crippen LogP) is 5.59. The number of benzene rings is 1. The van der Waals surface area contributed by atoms with E-state index in [1.165, 1.54) is 0 Å². The maximum Gasteiger partial charge on any atom is 0.230 e. The zero-order valence-corrected chi connectivity index (χ0v) is 16.5. The third-order valence-corrected chi connectivity index (χ3v) is 6.50. The quantitative estimate of drug-likeness (QED) is 0.610. The van der Waals surface area contributed by atoms with Gasteiger partial charge in [0.2, 0.25) is 5.91 Å². The molecule has 3 aromatic rings. The SMILES string of the molecule is O=C(NCc1cccnc1-c1cccs1)C1(c2ccc(Cl)cc2)CCCC1. The first-order valence-electron chi connectivity index (χ1n) is 9.21. The minimum absolute atomic E-state index is 0.100. The maximum atomic E-state index is 13.3. The molecule has 0 saturated heterocycles. The Hall–Kier alpha value is -2.17. The fourth-order valence-corrected chi connectivity index (χ4v) is 4.84. The third-order valence-electron chi connectivity index (χ3n) is 5.37. The van der Waals surface area contributed by atoms with E-state index in [2.05, 4.69) is 16.4 Å². The number of nitrogens with zero attached hydrogens (tertiary/aromatic N) is 1. The number of rotatable bonds is 5. The lowest BCUT2D eigenvalue weighted by Crippen LogP contribution is -2.42. The van der Waals surface area contributed by atoms with Crippen LogP contribution in [0.4, 0.5) is 0 Å². The maximum absolute atomic E-state index is 13.3. The van der Waals surface area contributed by atoms with Crippen molar-refractivity contribution in [3.05, 3.63) is 76.3 Å². The van der Waals surface area contributed by atoms with E-state index in [1.807, 2.05) is 47.8 Å². The highest BCUT2D eigenvalue weighted by Crippen LogP contribution is 2.41. The monoisotopic (exact) mass is 396 g/mol. The van der Waals surface area contributed by atoms with Crippen LogP contribution in [0.1, 0.15) is 36.8 Å². The van der Waals surface area contributed by atoms with Crippen molar-refractivity contribution in [1.29, 1.82) is 0 Å². The van der Waals surface area contributed by atoms with Crippen LogP contribution >= 0.6 is 22.9 Å². The molecule has 2 heterocycles. The van der Waals surface area contributed by atoms with Crippen LogP contribution < -0.4 is 5.32 Å². The van der Waals surface area contributed by atoms with Crippen LogP contribution in [0.2, 0.25) is 5.02 Å². The predicted molar refractivity (Wildman–Crippen MR) is 111 cm³/mol. The van der Waals surface area contributed by atoms with Gasteiger partial charge in [0, 0.05) is 17.8 Å². The van der Waals surface area contributed by atoms with Crippen molar-refractivity contribution in [3.8, 4) is 10.6 Å². The molecule has 1 aliphatic carbocycles. The van der Waals surface area contributed by atoms with Gasteiger partial charge < -0.3 is 5.32 Å². The Morgan fingerprint density at radius 1 is 1.11 bits per heavy atom. The first-order valence-corrected chi connectivity index (χ1v) is 10.5. The second-order valence-electron chi connectivity index (χ2n) is 6.97. The highest BCUT2D eigenvalue weighted by molar-refractivity contribution is 7.13. The normalized spacial score (nSPS) is 15.6. The van der Waals surface area contributed by atoms with E-state index in [0.717, 1.165) is 47.4 Å². The van der Waals surface area contributed by atoms with Crippen molar-refractivity contribution in [2.45, 2.75) is 37.6 Å². The van der Waals surface area contributed by atoms with E-state index in [4.69, 9.17) is 11.6 Å². The Bertz CT molecular complexity index is 916. The van der Waals surface area contributed by atoms with Gasteiger partial charge in [-0.05, 0) is 53.6 Å². The minimum Gasteiger partial charge on any atom is -0.351 e. The van der Waals surface area contributed by atoms with E-state index in [9.17, 15) is 4.79 Å². The Kier molecular flexibility index (Phi) is 5.28. The third kappa shape index (κ3) is 3.64. The molecule has 3 nitrogen and oxygen atoms in total. The summed E-state index contributed by atoms with van der Waals surface area (Å²) < 4.78 is 0. The van der Waals surface area contributed by atoms with E-state index in [-0.39, 0.29) is 5.91 Å². The van der Waals surface area contributed by atoms with Crippen LogP contribution in [0.25, 0.3) is 10.6 Å². The molecule has 1 aliphatic rings. The molecule has 0 spiro atoms. The number of pyridine rings is 1. The van der Waals surface area contributed by atoms with E-state index in [1.54, 1.807) is 17.5 Å². The van der Waals surface area contributed by atoms with Crippen LogP contribution in [0.15, 0.2) is 60.1 Å². The molecule has 0 atom stereocenters. The first-order chi connectivity index (χ1) is 13.2. The minimum atomic E-state index is -0.449. The van der Waals surface area contributed by atoms with Gasteiger partial charge in [0.25, 0.3) is 0 Å². The van der Waals surface area contributed by atoms with Gasteiger partial charge in [0.1, 0.15) is 0 Å². The molecule has 1 amide bonds. The Morgan fingerprint density at radius 2 is 1.89 bits per heavy atom. The Morgan fingerprint density at radius 3 is 2.59 bits per heavy atom. The summed E-state index contributed by atoms with van der Waals surface area (Å²) in [6.07, 6.45) is 5.70. The molecule has 0 bridgehead atoms. The Balaban J connectivity index is 1.56. The lowest BCUT2D eigenvalue weighted by Gasteiger charge is -2.28. The smallest absolute Gasteiger partial charge is 0.230 e. The molecular weight excluding hydrogens is 376 g/mol. The van der Waals surface area contributed by atoms with Gasteiger partial charge in [-0.3, -0.25) is 9.78 Å². The molecule has 1 aromatic carbocycles. The van der Waals surface area contributed by atoms with E-state index in [0.29, 0.717) is 11.6 Å². The second-order valence-corrected chi connectivity index (χ2v) is 8.35. The second kappa shape index (κ2) is 7.83. The average molecular weight is 397 g/mol. The summed E-state index contributed by atoms with van der Waals surface area (Å²) in [6, 6.07) is 15.8. The van der Waals surface area contributed by atoms with Gasteiger partial charge >= 0.3 is 0 Å². The summed E-state index contributed by atoms with van der Waals surface area (Å²) in [4.78, 5) is 18.9. The number of hydrogen-bond acceptors (Lipinski definition) is 3. The fraction of sp³-hybridized carbons (Fsp3) is 0.273. The summed E-state index contributed by atoms with van der Waals surface area (Å²) in [6.45, 7) is 0.481. The van der Waals surface area contributed by atoms with E-state index >= 15 is 0 Å². The highest BCUT2D eigenvalue weighted by atomic mass is 35.5. The molecule has 0 radical (unpaired) electrons. The summed E-state index contributed by atoms with van der Waals surface area (Å²) in [5, 5.41) is 5.93. The average Bonchev–Trinajstić information content (AvgIpc) is 3.39. The highest BCUT2D eigenvalue weighted by Gasteiger charge is 2.42. The number of aromatic nitrogens is 1. The van der Waals surface area contributed by atoms with Gasteiger partial charge in [0.15, 0.2) is 0 Å². The van der Waals surface area contributed by atoms with Crippen molar-refractivity contribution in [3.63, 3.8) is 0 Å². The number of thiophene rings is 1. The van der Waals surface area contributed by atoms with Crippen molar-refractivity contribution < 1.29 is 4.79 Å². The fourth-order valence-electron chi connectivity index (χ4n) is 3.96. The molecule has 4 rings (SSSR count). The largest absolute Gasteiger partial charge is 0.351 e. The zero-order chi connectivity index (χ0) is 18.7. The molecule has 1 saturated carbocycles. The number of amides is 1. The first kappa shape index (κ1) is 18.2. The van der Waals surface area contributed by atoms with E-state index < -0.39 is 5.41 Å². The molecule has 0 aliphatic heterocycles. The van der Waals surface area contributed by atoms with Crippen LogP contribution in [-0.4, -0.2) is 10.9 Å². The van der Waals surface area contributed by atoms with Crippen LogP contribution in [-0.2, 0) is 16.8 Å². The van der Waals surface area contributed by atoms with Gasteiger partial charge in [-0.15, -0.1) is 11.3 Å². The molecule has 1 N–H and O–H groups in total. The van der Waals surface area contributed by atoms with Crippen LogP contribution in [0.3, 0.4) is 0 Å². The number of nitrogens with one attached hydrogen (secondary N) is 1. The standard InChI is InChI=1S/C22H21ClN2OS/c23-18-9-7-17(8-10-18)22(11-1-2-12-22)21(26)25-15-16-5-3-13-24-20(16)19-6-4-14-27-19/h3-10,13-14H,1-2,11-12,15H2,(H,25,26). The number of halogens is 1. The van der Waals surface area contributed by atoms with Gasteiger partial charge in [-0.25, -0.2) is 0 Å². The molecule has 27 heavy (non-hydrogen) atoms. The zero-order valence-electron chi connectivity index (χ0n) is 15.0. The molecule has 138 valence electrons. The van der Waals surface area contributed by atoms with Gasteiger partial charge in [-0.2, -0.15) is 0 Å². The number of carbonyl (C=O) groups excluding carboxylic acids is 1. The number of hydrogen-bond donors (Lipinski definition) is 1. The van der Waals surface area contributed by atoms with Crippen molar-refractivity contribution in [2.24, 2.45) is 0 Å². The summed E-state index contributed by atoms with van der Waals surface area (Å²) in [5.74, 6) is 0.100. The summed E-state index contributed by atoms with van der Waals surface area (Å²) >= 11 is 7.70. The van der Waals surface area contributed by atoms with Gasteiger partial charge in [-0.1, -0.05) is 48.7 Å². The van der Waals surface area contributed by atoms with Crippen molar-refractivity contribution in [2.75, 3.05) is 0 Å². The molecular formula is C22H21ClN2OS. The topological polar surface area (TPSA) is 42.0 Å². The molecule has 5 heteroatoms. The lowest BCUT2D eigenvalue weighted by atomic mass is 9.78. The number of carbonyl (C=O) groups is 1. The molecule has 1 fully saturated rings. The summed E-state index contributed by atoms with van der Waals surface area (Å²) in [5.41, 5.74) is 2.60. The van der Waals surface area contributed by atoms with Crippen molar-refractivity contribution in [1.82, 2.24) is 10.3 Å². The van der Waals surface area contributed by atoms with Crippen LogP contribution in [0, 0.1) is 0 Å². The lowest BCUT2D eigenvalue weighted by molar-refractivity contribution is -0.126. The van der Waals surface area contributed by atoms with Crippen molar-refractivity contribution >= 4 is 28.8 Å². The van der Waals surface area contributed by atoms with Gasteiger partial charge in [0.05, 0.1) is 16.0 Å². The molecule has 0 unspecified atom stereocenters. The molecule has 2 aromatic heterocycles. The summed E-state index contributed by atoms with van der Waals surface area (Å²) in [7, 11) is 0.